The molecule has 1 atom stereocenters. The van der Waals surface area contributed by atoms with Crippen molar-refractivity contribution in [3.05, 3.63) is 36.0 Å². The Kier molecular flexibility index (Phi) is 2.43. The number of fused-ring (bicyclic) bond motifs is 1. The van der Waals surface area contributed by atoms with Gasteiger partial charge in [-0.3, -0.25) is 0 Å². The Labute approximate surface area is 99.4 Å². The maximum absolute atomic E-state index is 9.51. The van der Waals surface area contributed by atoms with Crippen molar-refractivity contribution in [1.82, 2.24) is 4.98 Å². The number of para-hydroxylation sites is 1. The highest BCUT2D eigenvalue weighted by Crippen LogP contribution is 2.40. The number of hydrogen-bond donors (Lipinski definition) is 3. The molecule has 2 heterocycles. The van der Waals surface area contributed by atoms with Gasteiger partial charge in [0.15, 0.2) is 0 Å². The lowest BCUT2D eigenvalue weighted by atomic mass is 9.76. The zero-order valence-electron chi connectivity index (χ0n) is 9.52. The summed E-state index contributed by atoms with van der Waals surface area (Å²) < 4.78 is 5.21. The van der Waals surface area contributed by atoms with Gasteiger partial charge in [0.25, 0.3) is 0 Å². The van der Waals surface area contributed by atoms with Gasteiger partial charge in [-0.25, -0.2) is 0 Å². The fourth-order valence-corrected chi connectivity index (χ4v) is 2.41. The van der Waals surface area contributed by atoms with Crippen LogP contribution in [0.5, 0.6) is 0 Å². The van der Waals surface area contributed by atoms with Crippen molar-refractivity contribution in [2.24, 2.45) is 11.1 Å². The third-order valence-electron chi connectivity index (χ3n) is 3.71. The van der Waals surface area contributed by atoms with E-state index in [0.717, 1.165) is 16.5 Å². The number of benzene rings is 1. The highest BCUT2D eigenvalue weighted by atomic mass is 16.5. The number of ether oxygens (including phenoxy) is 1. The highest BCUT2D eigenvalue weighted by Gasteiger charge is 2.44. The molecule has 1 unspecified atom stereocenters. The SMILES string of the molecule is NC(c1c[nH]c2ccccc12)C1(CO)COC1. The molecule has 1 fully saturated rings. The van der Waals surface area contributed by atoms with Crippen molar-refractivity contribution < 1.29 is 9.84 Å². The number of H-pyrrole nitrogens is 1. The predicted octanol–water partition coefficient (Wildman–Crippen LogP) is 1.18. The van der Waals surface area contributed by atoms with Gasteiger partial charge in [-0.2, -0.15) is 0 Å². The van der Waals surface area contributed by atoms with Crippen molar-refractivity contribution >= 4 is 10.9 Å². The van der Waals surface area contributed by atoms with E-state index < -0.39 is 0 Å². The van der Waals surface area contributed by atoms with Crippen LogP contribution in [-0.4, -0.2) is 29.9 Å². The lowest BCUT2D eigenvalue weighted by Gasteiger charge is -2.44. The first-order valence-corrected chi connectivity index (χ1v) is 5.77. The quantitative estimate of drug-likeness (QED) is 0.744. The lowest BCUT2D eigenvalue weighted by Crippen LogP contribution is -2.52. The van der Waals surface area contributed by atoms with Crippen LogP contribution >= 0.6 is 0 Å². The average Bonchev–Trinajstić information content (AvgIpc) is 2.71. The Hall–Kier alpha value is -1.36. The molecule has 0 saturated carbocycles. The zero-order chi connectivity index (χ0) is 11.9. The lowest BCUT2D eigenvalue weighted by molar-refractivity contribution is -0.150. The summed E-state index contributed by atoms with van der Waals surface area (Å²) in [5, 5.41) is 10.6. The molecular formula is C13H16N2O2. The summed E-state index contributed by atoms with van der Waals surface area (Å²) in [5.41, 5.74) is 8.11. The summed E-state index contributed by atoms with van der Waals surface area (Å²) >= 11 is 0. The van der Waals surface area contributed by atoms with Crippen LogP contribution in [0.1, 0.15) is 11.6 Å². The van der Waals surface area contributed by atoms with Crippen LogP contribution in [0.25, 0.3) is 10.9 Å². The minimum Gasteiger partial charge on any atom is -0.396 e. The van der Waals surface area contributed by atoms with E-state index in [9.17, 15) is 5.11 Å². The molecule has 3 rings (SSSR count). The van der Waals surface area contributed by atoms with E-state index in [-0.39, 0.29) is 18.1 Å². The van der Waals surface area contributed by atoms with Crippen LogP contribution < -0.4 is 5.73 Å². The number of aromatic nitrogens is 1. The Morgan fingerprint density at radius 3 is 2.82 bits per heavy atom. The number of aliphatic hydroxyl groups is 1. The first-order valence-electron chi connectivity index (χ1n) is 5.77. The number of aliphatic hydroxyl groups excluding tert-OH is 1. The molecule has 4 N–H and O–H groups in total. The van der Waals surface area contributed by atoms with Crippen LogP contribution in [0, 0.1) is 5.41 Å². The summed E-state index contributed by atoms with van der Waals surface area (Å²) in [5.74, 6) is 0. The first kappa shape index (κ1) is 10.8. The number of nitrogens with two attached hydrogens (primary N) is 1. The molecular weight excluding hydrogens is 216 g/mol. The summed E-state index contributed by atoms with van der Waals surface area (Å²) in [6.07, 6.45) is 1.94. The number of hydrogen-bond acceptors (Lipinski definition) is 3. The van der Waals surface area contributed by atoms with E-state index >= 15 is 0 Å². The molecule has 0 bridgehead atoms. The normalized spacial score (nSPS) is 20.1. The molecule has 0 spiro atoms. The van der Waals surface area contributed by atoms with Crippen molar-refractivity contribution in [3.63, 3.8) is 0 Å². The van der Waals surface area contributed by atoms with Crippen LogP contribution in [0.2, 0.25) is 0 Å². The maximum atomic E-state index is 9.51. The van der Waals surface area contributed by atoms with Crippen LogP contribution in [0.15, 0.2) is 30.5 Å². The number of aromatic amines is 1. The highest BCUT2D eigenvalue weighted by molar-refractivity contribution is 5.83. The van der Waals surface area contributed by atoms with Gasteiger partial charge < -0.3 is 20.6 Å². The van der Waals surface area contributed by atoms with Gasteiger partial charge in [0.2, 0.25) is 0 Å². The van der Waals surface area contributed by atoms with Gasteiger partial charge >= 0.3 is 0 Å². The molecule has 4 heteroatoms. The molecule has 0 aliphatic carbocycles. The van der Waals surface area contributed by atoms with Crippen molar-refractivity contribution in [2.45, 2.75) is 6.04 Å². The van der Waals surface area contributed by atoms with Crippen LogP contribution in [0.3, 0.4) is 0 Å². The number of rotatable bonds is 3. The minimum atomic E-state index is -0.315. The molecule has 1 aliphatic rings. The van der Waals surface area contributed by atoms with E-state index in [0.29, 0.717) is 13.2 Å². The maximum Gasteiger partial charge on any atom is 0.0595 e. The van der Waals surface area contributed by atoms with Gasteiger partial charge in [-0.1, -0.05) is 18.2 Å². The van der Waals surface area contributed by atoms with E-state index in [2.05, 4.69) is 4.98 Å². The third kappa shape index (κ3) is 1.49. The molecule has 1 aliphatic heterocycles. The smallest absolute Gasteiger partial charge is 0.0595 e. The summed E-state index contributed by atoms with van der Waals surface area (Å²) in [4.78, 5) is 3.21. The molecule has 0 radical (unpaired) electrons. The second-order valence-corrected chi connectivity index (χ2v) is 4.78. The fraction of sp³-hybridized carbons (Fsp3) is 0.385. The van der Waals surface area contributed by atoms with Gasteiger partial charge in [0.1, 0.15) is 0 Å². The predicted molar refractivity (Wildman–Crippen MR) is 65.6 cm³/mol. The van der Waals surface area contributed by atoms with Crippen molar-refractivity contribution in [3.8, 4) is 0 Å². The second kappa shape index (κ2) is 3.84. The van der Waals surface area contributed by atoms with Gasteiger partial charge in [-0.05, 0) is 11.6 Å². The molecule has 1 aromatic carbocycles. The Balaban J connectivity index is 2.03. The van der Waals surface area contributed by atoms with E-state index in [1.54, 1.807) is 0 Å². The van der Waals surface area contributed by atoms with Gasteiger partial charge in [0, 0.05) is 23.1 Å². The van der Waals surface area contributed by atoms with Gasteiger partial charge in [-0.15, -0.1) is 0 Å². The van der Waals surface area contributed by atoms with Crippen molar-refractivity contribution in [1.29, 1.82) is 0 Å². The average molecular weight is 232 g/mol. The van der Waals surface area contributed by atoms with E-state index in [1.165, 1.54) is 0 Å². The van der Waals surface area contributed by atoms with Gasteiger partial charge in [0.05, 0.1) is 25.2 Å². The fourth-order valence-electron chi connectivity index (χ4n) is 2.41. The van der Waals surface area contributed by atoms with E-state index in [1.807, 2.05) is 30.5 Å². The molecule has 1 saturated heterocycles. The molecule has 4 nitrogen and oxygen atoms in total. The van der Waals surface area contributed by atoms with Crippen LogP contribution in [-0.2, 0) is 4.74 Å². The van der Waals surface area contributed by atoms with Crippen molar-refractivity contribution in [2.75, 3.05) is 19.8 Å². The summed E-state index contributed by atoms with van der Waals surface area (Å²) in [6.45, 7) is 1.13. The number of nitrogens with one attached hydrogen (secondary N) is 1. The summed E-state index contributed by atoms with van der Waals surface area (Å²) in [6, 6.07) is 7.86. The zero-order valence-corrected chi connectivity index (χ0v) is 9.52. The molecule has 17 heavy (non-hydrogen) atoms. The molecule has 2 aromatic rings. The minimum absolute atomic E-state index is 0.0632. The second-order valence-electron chi connectivity index (χ2n) is 4.78. The van der Waals surface area contributed by atoms with Crippen LogP contribution in [0.4, 0.5) is 0 Å². The molecule has 1 aromatic heterocycles. The monoisotopic (exact) mass is 232 g/mol. The molecule has 90 valence electrons. The standard InChI is InChI=1S/C13H16N2O2/c14-12(13(6-16)7-17-8-13)10-5-15-11-4-2-1-3-9(10)11/h1-5,12,15-16H,6-8,14H2. The molecule has 0 amide bonds. The largest absolute Gasteiger partial charge is 0.396 e. The Bertz CT molecular complexity index is 525. The first-order chi connectivity index (χ1) is 8.27. The summed E-state index contributed by atoms with van der Waals surface area (Å²) in [7, 11) is 0. The Morgan fingerprint density at radius 2 is 2.18 bits per heavy atom. The topological polar surface area (TPSA) is 71.3 Å². The Morgan fingerprint density at radius 1 is 1.41 bits per heavy atom. The van der Waals surface area contributed by atoms with E-state index in [4.69, 9.17) is 10.5 Å². The third-order valence-corrected chi connectivity index (χ3v) is 3.71.